The summed E-state index contributed by atoms with van der Waals surface area (Å²) in [4.78, 5) is 6.49. The van der Waals surface area contributed by atoms with E-state index in [0.717, 1.165) is 43.1 Å². The van der Waals surface area contributed by atoms with Crippen molar-refractivity contribution in [2.24, 2.45) is 0 Å². The molecule has 2 atom stereocenters. The fourth-order valence-electron chi connectivity index (χ4n) is 5.48. The molecule has 0 radical (unpaired) electrons. The maximum Gasteiger partial charge on any atom is 0.194 e. The molecule has 6 rings (SSSR count). The lowest BCUT2D eigenvalue weighted by atomic mass is 9.83. The van der Waals surface area contributed by atoms with Gasteiger partial charge in [-0.05, 0) is 44.2 Å². The minimum absolute atomic E-state index is 0.155. The molecule has 3 aliphatic rings. The minimum atomic E-state index is 0.155. The van der Waals surface area contributed by atoms with E-state index in [0.29, 0.717) is 36.0 Å². The highest BCUT2D eigenvalue weighted by molar-refractivity contribution is 5.71. The van der Waals surface area contributed by atoms with Crippen molar-refractivity contribution >= 4 is 5.82 Å². The van der Waals surface area contributed by atoms with E-state index in [2.05, 4.69) is 25.4 Å². The van der Waals surface area contributed by atoms with Gasteiger partial charge in [-0.15, -0.1) is 10.2 Å². The number of fused-ring (bicyclic) bond motifs is 3. The molecule has 0 aliphatic carbocycles. The summed E-state index contributed by atoms with van der Waals surface area (Å²) in [6.07, 6.45) is 12.4. The van der Waals surface area contributed by atoms with E-state index in [1.165, 1.54) is 19.3 Å². The molecule has 32 heavy (non-hydrogen) atoms. The Labute approximate surface area is 187 Å². The number of hydrogen-bond donors (Lipinski definition) is 2. The van der Waals surface area contributed by atoms with Crippen LogP contribution in [0, 0.1) is 0 Å². The number of phenolic OH excluding ortho intramolecular Hbond substituents is 1. The SMILES string of the molecule is Oc1cc(-n2ccnc2)ccc1-c1cc2c(nn1)N(C1C[C@H]3CCC[C@H](C1)N3)CCCO2. The Hall–Kier alpha value is -3.13. The molecule has 0 unspecified atom stereocenters. The highest BCUT2D eigenvalue weighted by atomic mass is 16.5. The summed E-state index contributed by atoms with van der Waals surface area (Å²) in [6.45, 7) is 1.61. The lowest BCUT2D eigenvalue weighted by molar-refractivity contribution is 0.216. The van der Waals surface area contributed by atoms with E-state index in [1.54, 1.807) is 18.6 Å². The van der Waals surface area contributed by atoms with Gasteiger partial charge in [0.25, 0.3) is 0 Å². The zero-order valence-electron chi connectivity index (χ0n) is 18.0. The molecule has 1 aromatic carbocycles. The molecule has 0 amide bonds. The van der Waals surface area contributed by atoms with Crippen molar-refractivity contribution in [1.82, 2.24) is 25.1 Å². The van der Waals surface area contributed by atoms with Crippen LogP contribution in [0.3, 0.4) is 0 Å². The molecule has 166 valence electrons. The Morgan fingerprint density at radius 2 is 1.94 bits per heavy atom. The number of imidazole rings is 1. The number of aromatic nitrogens is 4. The number of anilines is 1. The monoisotopic (exact) mass is 432 g/mol. The molecule has 2 bridgehead atoms. The number of benzene rings is 1. The number of rotatable bonds is 3. The zero-order valence-corrected chi connectivity index (χ0v) is 18.0. The molecule has 2 aromatic heterocycles. The molecule has 3 aromatic rings. The minimum Gasteiger partial charge on any atom is -0.507 e. The molecule has 0 saturated carbocycles. The molecular formula is C24H28N6O2. The van der Waals surface area contributed by atoms with Crippen LogP contribution >= 0.6 is 0 Å². The van der Waals surface area contributed by atoms with Gasteiger partial charge < -0.3 is 24.6 Å². The predicted octanol–water partition coefficient (Wildman–Crippen LogP) is 3.30. The van der Waals surface area contributed by atoms with E-state index in [1.807, 2.05) is 29.0 Å². The van der Waals surface area contributed by atoms with Crippen LogP contribution in [0.5, 0.6) is 11.5 Å². The maximum absolute atomic E-state index is 10.7. The van der Waals surface area contributed by atoms with Gasteiger partial charge in [-0.1, -0.05) is 6.42 Å². The van der Waals surface area contributed by atoms with Crippen molar-refractivity contribution < 1.29 is 9.84 Å². The number of ether oxygens (including phenoxy) is 1. The van der Waals surface area contributed by atoms with Crippen molar-refractivity contribution in [2.45, 2.75) is 56.7 Å². The van der Waals surface area contributed by atoms with E-state index in [9.17, 15) is 5.11 Å². The summed E-state index contributed by atoms with van der Waals surface area (Å²) >= 11 is 0. The summed E-state index contributed by atoms with van der Waals surface area (Å²) in [6, 6.07) is 9.13. The molecule has 3 aliphatic heterocycles. The van der Waals surface area contributed by atoms with Crippen molar-refractivity contribution in [1.29, 1.82) is 0 Å². The van der Waals surface area contributed by atoms with E-state index >= 15 is 0 Å². The van der Waals surface area contributed by atoms with Gasteiger partial charge in [0.05, 0.1) is 18.6 Å². The summed E-state index contributed by atoms with van der Waals surface area (Å²) < 4.78 is 7.94. The van der Waals surface area contributed by atoms with Gasteiger partial charge in [-0.3, -0.25) is 0 Å². The van der Waals surface area contributed by atoms with Crippen molar-refractivity contribution in [3.63, 3.8) is 0 Å². The summed E-state index contributed by atoms with van der Waals surface area (Å²) in [7, 11) is 0. The first-order valence-corrected chi connectivity index (χ1v) is 11.6. The van der Waals surface area contributed by atoms with Crippen molar-refractivity contribution in [3.05, 3.63) is 43.0 Å². The first kappa shape index (κ1) is 19.5. The molecule has 2 fully saturated rings. The highest BCUT2D eigenvalue weighted by Crippen LogP contribution is 2.38. The Morgan fingerprint density at radius 1 is 1.06 bits per heavy atom. The van der Waals surface area contributed by atoms with Gasteiger partial charge in [0.1, 0.15) is 11.4 Å². The lowest BCUT2D eigenvalue weighted by Gasteiger charge is -2.44. The molecule has 5 heterocycles. The number of nitrogens with zero attached hydrogens (tertiary/aromatic N) is 5. The standard InChI is InChI=1S/C24H28N6O2/c31-22-13-18(29-9-7-25-15-29)5-6-20(22)21-14-23-24(28-27-21)30(8-2-10-32-23)19-11-16-3-1-4-17(12-19)26-16/h5-7,9,13-17,19,26,31H,1-4,8,10-12H2/t16-,17-/m1/s1. The topological polar surface area (TPSA) is 88.3 Å². The number of piperidine rings is 2. The van der Waals surface area contributed by atoms with Gasteiger partial charge in [-0.2, -0.15) is 0 Å². The molecular weight excluding hydrogens is 404 g/mol. The quantitative estimate of drug-likeness (QED) is 0.656. The normalized spacial score (nSPS) is 25.0. The maximum atomic E-state index is 10.7. The van der Waals surface area contributed by atoms with Crippen molar-refractivity contribution in [2.75, 3.05) is 18.1 Å². The third kappa shape index (κ3) is 3.58. The van der Waals surface area contributed by atoms with Gasteiger partial charge in [0.2, 0.25) is 0 Å². The molecule has 8 nitrogen and oxygen atoms in total. The van der Waals surface area contributed by atoms with E-state index in [-0.39, 0.29) is 5.75 Å². The Balaban J connectivity index is 1.31. The number of hydrogen-bond acceptors (Lipinski definition) is 7. The number of phenols is 1. The fraction of sp³-hybridized carbons (Fsp3) is 0.458. The number of aromatic hydroxyl groups is 1. The average Bonchev–Trinajstić information content (AvgIpc) is 3.26. The lowest BCUT2D eigenvalue weighted by Crippen LogP contribution is -2.55. The van der Waals surface area contributed by atoms with Gasteiger partial charge in [0.15, 0.2) is 11.6 Å². The third-order valence-corrected chi connectivity index (χ3v) is 7.00. The zero-order chi connectivity index (χ0) is 21.5. The smallest absolute Gasteiger partial charge is 0.194 e. The van der Waals surface area contributed by atoms with Crippen LogP contribution in [-0.4, -0.2) is 56.1 Å². The summed E-state index contributed by atoms with van der Waals surface area (Å²) in [5.41, 5.74) is 2.09. The molecule has 0 spiro atoms. The van der Waals surface area contributed by atoms with E-state index in [4.69, 9.17) is 4.74 Å². The summed E-state index contributed by atoms with van der Waals surface area (Å²) in [5.74, 6) is 1.75. The van der Waals surface area contributed by atoms with Crippen LogP contribution in [-0.2, 0) is 0 Å². The van der Waals surface area contributed by atoms with Gasteiger partial charge >= 0.3 is 0 Å². The van der Waals surface area contributed by atoms with Crippen molar-refractivity contribution in [3.8, 4) is 28.4 Å². The van der Waals surface area contributed by atoms with Crippen LogP contribution in [0.1, 0.15) is 38.5 Å². The first-order valence-electron chi connectivity index (χ1n) is 11.6. The Bertz CT molecular complexity index is 1090. The predicted molar refractivity (Wildman–Crippen MR) is 121 cm³/mol. The first-order chi connectivity index (χ1) is 15.7. The summed E-state index contributed by atoms with van der Waals surface area (Å²) in [5, 5.41) is 23.6. The Kier molecular flexibility index (Phi) is 4.94. The molecule has 8 heteroatoms. The molecule has 2 N–H and O–H groups in total. The van der Waals surface area contributed by atoms with Crippen LogP contribution in [0.25, 0.3) is 16.9 Å². The second-order valence-corrected chi connectivity index (χ2v) is 9.10. The fourth-order valence-corrected chi connectivity index (χ4v) is 5.48. The third-order valence-electron chi connectivity index (χ3n) is 7.00. The number of nitrogens with one attached hydrogen (secondary N) is 1. The second kappa shape index (κ2) is 8.09. The second-order valence-electron chi connectivity index (χ2n) is 9.10. The van der Waals surface area contributed by atoms with Crippen LogP contribution in [0.4, 0.5) is 5.82 Å². The largest absolute Gasteiger partial charge is 0.507 e. The Morgan fingerprint density at radius 3 is 2.72 bits per heavy atom. The van der Waals surface area contributed by atoms with Crippen LogP contribution in [0.2, 0.25) is 0 Å². The average molecular weight is 433 g/mol. The van der Waals surface area contributed by atoms with Crippen LogP contribution in [0.15, 0.2) is 43.0 Å². The molecule has 2 saturated heterocycles. The van der Waals surface area contributed by atoms with Gasteiger partial charge in [0, 0.05) is 54.8 Å². The van der Waals surface area contributed by atoms with Crippen LogP contribution < -0.4 is 15.0 Å². The van der Waals surface area contributed by atoms with E-state index < -0.39 is 0 Å². The van der Waals surface area contributed by atoms with Gasteiger partial charge in [-0.25, -0.2) is 4.98 Å². The highest BCUT2D eigenvalue weighted by Gasteiger charge is 2.36.